The van der Waals surface area contributed by atoms with Crippen molar-refractivity contribution >= 4 is 5.97 Å². The van der Waals surface area contributed by atoms with Gasteiger partial charge in [0.05, 0.1) is 0 Å². The Kier molecular flexibility index (Phi) is 20.6. The molecule has 0 bridgehead atoms. The molecule has 0 fully saturated rings. The van der Waals surface area contributed by atoms with Crippen molar-refractivity contribution in [3.63, 3.8) is 0 Å². The molecule has 2 N–H and O–H groups in total. The van der Waals surface area contributed by atoms with Crippen LogP contribution >= 0.6 is 0 Å². The zero-order valence-electron chi connectivity index (χ0n) is 18.8. The Balaban J connectivity index is 3.50. The molecule has 168 valence electrons. The maximum absolute atomic E-state index is 11.8. The van der Waals surface area contributed by atoms with E-state index in [0.29, 0.717) is 12.8 Å². The first-order valence-electron chi connectivity index (χ1n) is 12.2. The third-order valence-corrected chi connectivity index (χ3v) is 5.41. The van der Waals surface area contributed by atoms with Crippen molar-refractivity contribution in [1.82, 2.24) is 0 Å². The van der Waals surface area contributed by atoms with Crippen LogP contribution in [0.25, 0.3) is 0 Å². The van der Waals surface area contributed by atoms with E-state index in [1.54, 1.807) is 0 Å². The number of aliphatic hydroxyl groups excluding tert-OH is 2. The fourth-order valence-electron chi connectivity index (χ4n) is 3.49. The van der Waals surface area contributed by atoms with Crippen LogP contribution < -0.4 is 0 Å². The molecule has 4 nitrogen and oxygen atoms in total. The van der Waals surface area contributed by atoms with Gasteiger partial charge in [-0.15, -0.1) is 0 Å². The lowest BCUT2D eigenvalue weighted by Gasteiger charge is -2.15. The Hall–Kier alpha value is -0.610. The summed E-state index contributed by atoms with van der Waals surface area (Å²) < 4.78 is 4.97. The van der Waals surface area contributed by atoms with Crippen LogP contribution in [0, 0.1) is 0 Å². The van der Waals surface area contributed by atoms with Crippen LogP contribution in [0.4, 0.5) is 0 Å². The molecule has 2 unspecified atom stereocenters. The van der Waals surface area contributed by atoms with Crippen LogP contribution in [0.15, 0.2) is 0 Å². The zero-order valence-corrected chi connectivity index (χ0v) is 18.8. The molecule has 0 saturated carbocycles. The second-order valence-corrected chi connectivity index (χ2v) is 8.29. The topological polar surface area (TPSA) is 66.8 Å². The molecule has 2 atom stereocenters. The summed E-state index contributed by atoms with van der Waals surface area (Å²) in [6, 6.07) is 0. The maximum Gasteiger partial charge on any atom is 0.337 e. The molecule has 0 saturated heterocycles. The third kappa shape index (κ3) is 18.7. The van der Waals surface area contributed by atoms with E-state index in [1.165, 1.54) is 77.0 Å². The van der Waals surface area contributed by atoms with Crippen molar-refractivity contribution in [3.05, 3.63) is 0 Å². The quantitative estimate of drug-likeness (QED) is 0.128. The van der Waals surface area contributed by atoms with Crippen LogP contribution in [-0.2, 0) is 9.53 Å². The number of rotatable bonds is 21. The Labute approximate surface area is 174 Å². The summed E-state index contributed by atoms with van der Waals surface area (Å²) >= 11 is 0. The number of esters is 1. The van der Waals surface area contributed by atoms with Gasteiger partial charge in [0.2, 0.25) is 6.29 Å². The van der Waals surface area contributed by atoms with Crippen molar-refractivity contribution in [3.8, 4) is 0 Å². The van der Waals surface area contributed by atoms with Gasteiger partial charge in [0.15, 0.2) is 6.10 Å². The number of hydrogen-bond acceptors (Lipinski definition) is 4. The lowest BCUT2D eigenvalue weighted by atomic mass is 10.1. The zero-order chi connectivity index (χ0) is 20.9. The van der Waals surface area contributed by atoms with E-state index in [9.17, 15) is 15.0 Å². The molecular weight excluding hydrogens is 352 g/mol. The van der Waals surface area contributed by atoms with Crippen molar-refractivity contribution in [2.75, 3.05) is 0 Å². The van der Waals surface area contributed by atoms with Crippen molar-refractivity contribution in [2.24, 2.45) is 0 Å². The van der Waals surface area contributed by atoms with E-state index in [4.69, 9.17) is 4.74 Å². The highest BCUT2D eigenvalue weighted by Crippen LogP contribution is 2.14. The fraction of sp³-hybridized carbons (Fsp3) is 0.958. The SMILES string of the molecule is CCCCCCCCCCCC(O)OC(=O)C(O)CCCCCCCCCC. The average molecular weight is 401 g/mol. The second kappa shape index (κ2) is 21.1. The lowest BCUT2D eigenvalue weighted by Crippen LogP contribution is -2.28. The van der Waals surface area contributed by atoms with E-state index in [-0.39, 0.29) is 0 Å². The number of hydrogen-bond donors (Lipinski definition) is 2. The lowest BCUT2D eigenvalue weighted by molar-refractivity contribution is -0.178. The molecule has 0 aliphatic heterocycles. The number of carbonyl (C=O) groups is 1. The van der Waals surface area contributed by atoms with E-state index in [2.05, 4.69) is 13.8 Å². The average Bonchev–Trinajstić information content (AvgIpc) is 2.68. The Bertz CT molecular complexity index is 333. The van der Waals surface area contributed by atoms with E-state index in [0.717, 1.165) is 32.1 Å². The van der Waals surface area contributed by atoms with Gasteiger partial charge in [0.1, 0.15) is 0 Å². The van der Waals surface area contributed by atoms with Gasteiger partial charge in [-0.3, -0.25) is 0 Å². The van der Waals surface area contributed by atoms with Crippen LogP contribution in [0.5, 0.6) is 0 Å². The van der Waals surface area contributed by atoms with E-state index < -0.39 is 18.4 Å². The maximum atomic E-state index is 11.8. The molecule has 0 aromatic carbocycles. The van der Waals surface area contributed by atoms with Crippen LogP contribution in [-0.4, -0.2) is 28.6 Å². The minimum absolute atomic E-state index is 0.429. The highest BCUT2D eigenvalue weighted by Gasteiger charge is 2.19. The monoisotopic (exact) mass is 400 g/mol. The standard InChI is InChI=1S/C24H48O4/c1-3-5-7-9-11-13-15-17-19-21-23(26)28-24(27)22(25)20-18-16-14-12-10-8-6-4-2/h22-23,25-26H,3-21H2,1-2H3. The molecule has 0 rings (SSSR count). The molecule has 0 aromatic heterocycles. The van der Waals surface area contributed by atoms with Gasteiger partial charge in [-0.1, -0.05) is 117 Å². The summed E-state index contributed by atoms with van der Waals surface area (Å²) in [5.74, 6) is -0.675. The van der Waals surface area contributed by atoms with E-state index >= 15 is 0 Å². The molecular formula is C24H48O4. The number of ether oxygens (including phenoxy) is 1. The number of unbranched alkanes of at least 4 members (excludes halogenated alkanes) is 15. The molecule has 0 spiro atoms. The second-order valence-electron chi connectivity index (χ2n) is 8.29. The number of aliphatic hydroxyl groups is 2. The van der Waals surface area contributed by atoms with Crippen LogP contribution in [0.2, 0.25) is 0 Å². The van der Waals surface area contributed by atoms with Crippen LogP contribution in [0.1, 0.15) is 136 Å². The fourth-order valence-corrected chi connectivity index (χ4v) is 3.49. The van der Waals surface area contributed by atoms with Crippen molar-refractivity contribution in [2.45, 2.75) is 148 Å². The van der Waals surface area contributed by atoms with Gasteiger partial charge in [-0.05, 0) is 12.8 Å². The summed E-state index contributed by atoms with van der Waals surface area (Å²) in [6.45, 7) is 4.45. The first-order valence-corrected chi connectivity index (χ1v) is 12.2. The highest BCUT2D eigenvalue weighted by molar-refractivity contribution is 5.74. The van der Waals surface area contributed by atoms with Gasteiger partial charge in [-0.25, -0.2) is 4.79 Å². The Morgan fingerprint density at radius 2 is 0.964 bits per heavy atom. The summed E-state index contributed by atoms with van der Waals surface area (Å²) in [4.78, 5) is 11.8. The molecule has 0 heterocycles. The molecule has 0 aromatic rings. The van der Waals surface area contributed by atoms with Gasteiger partial charge < -0.3 is 14.9 Å². The molecule has 28 heavy (non-hydrogen) atoms. The predicted molar refractivity (Wildman–Crippen MR) is 117 cm³/mol. The summed E-state index contributed by atoms with van der Waals surface area (Å²) in [7, 11) is 0. The molecule has 0 aliphatic carbocycles. The smallest absolute Gasteiger partial charge is 0.337 e. The first-order chi connectivity index (χ1) is 13.6. The normalized spacial score (nSPS) is 13.4. The summed E-state index contributed by atoms with van der Waals surface area (Å²) in [5, 5.41) is 19.7. The van der Waals surface area contributed by atoms with Gasteiger partial charge in [0, 0.05) is 6.42 Å². The van der Waals surface area contributed by atoms with Gasteiger partial charge >= 0.3 is 5.97 Å². The molecule has 0 radical (unpaired) electrons. The Morgan fingerprint density at radius 1 is 0.607 bits per heavy atom. The Morgan fingerprint density at radius 3 is 1.39 bits per heavy atom. The first kappa shape index (κ1) is 27.4. The minimum Gasteiger partial charge on any atom is -0.434 e. The largest absolute Gasteiger partial charge is 0.434 e. The predicted octanol–water partition coefficient (Wildman–Crippen LogP) is 6.66. The minimum atomic E-state index is -1.10. The third-order valence-electron chi connectivity index (χ3n) is 5.41. The molecule has 0 aliphatic rings. The van der Waals surface area contributed by atoms with Gasteiger partial charge in [0.25, 0.3) is 0 Å². The number of carbonyl (C=O) groups excluding carboxylic acids is 1. The highest BCUT2D eigenvalue weighted by atomic mass is 16.6. The van der Waals surface area contributed by atoms with E-state index in [1.807, 2.05) is 0 Å². The molecule has 0 amide bonds. The molecule has 4 heteroatoms. The van der Waals surface area contributed by atoms with Gasteiger partial charge in [-0.2, -0.15) is 0 Å². The summed E-state index contributed by atoms with van der Waals surface area (Å²) in [5.41, 5.74) is 0. The summed E-state index contributed by atoms with van der Waals surface area (Å²) in [6.07, 6.45) is 19.1. The van der Waals surface area contributed by atoms with Crippen molar-refractivity contribution < 1.29 is 19.7 Å². The van der Waals surface area contributed by atoms with Crippen LogP contribution in [0.3, 0.4) is 0 Å². The van der Waals surface area contributed by atoms with Crippen molar-refractivity contribution in [1.29, 1.82) is 0 Å².